The second kappa shape index (κ2) is 9.50. The molecule has 1 aliphatic heterocycles. The average Bonchev–Trinajstić information content (AvgIpc) is 2.53. The monoisotopic (exact) mass is 330 g/mol. The highest BCUT2D eigenvalue weighted by molar-refractivity contribution is 5.85. The number of carbonyl (C=O) groups excluding carboxylic acids is 1. The Morgan fingerprint density at radius 3 is 2.86 bits per heavy atom. The molecule has 6 nitrogen and oxygen atoms in total. The first-order valence-electron chi connectivity index (χ1n) is 7.01. The average molecular weight is 331 g/mol. The highest BCUT2D eigenvalue weighted by atomic mass is 35.5. The van der Waals surface area contributed by atoms with Gasteiger partial charge >= 0.3 is 0 Å². The van der Waals surface area contributed by atoms with E-state index < -0.39 is 0 Å². The minimum Gasteiger partial charge on any atom is -0.497 e. The maximum absolute atomic E-state index is 12.0. The Balaban J connectivity index is 0.00000242. The minimum atomic E-state index is -0.0112. The topological polar surface area (TPSA) is 68.8 Å². The molecular weight excluding hydrogens is 308 g/mol. The lowest BCUT2D eigenvalue weighted by Crippen LogP contribution is -2.44. The lowest BCUT2D eigenvalue weighted by molar-refractivity contribution is -0.122. The van der Waals surface area contributed by atoms with Crippen LogP contribution in [0.2, 0.25) is 0 Å². The molecule has 1 aromatic rings. The van der Waals surface area contributed by atoms with E-state index >= 15 is 0 Å². The Labute approximate surface area is 136 Å². The van der Waals surface area contributed by atoms with Gasteiger partial charge in [-0.05, 0) is 18.2 Å². The number of methoxy groups -OCH3 is 2. The number of rotatable bonds is 6. The quantitative estimate of drug-likeness (QED) is 0.818. The molecule has 7 heteroatoms. The van der Waals surface area contributed by atoms with E-state index in [2.05, 4.69) is 10.6 Å². The highest BCUT2D eigenvalue weighted by Gasteiger charge is 2.17. The number of benzene rings is 1. The zero-order valence-electron chi connectivity index (χ0n) is 12.9. The van der Waals surface area contributed by atoms with Crippen molar-refractivity contribution in [2.75, 3.05) is 34.0 Å². The van der Waals surface area contributed by atoms with E-state index in [0.29, 0.717) is 26.2 Å². The lowest BCUT2D eigenvalue weighted by atomic mass is 10.1. The molecule has 22 heavy (non-hydrogen) atoms. The van der Waals surface area contributed by atoms with Crippen molar-refractivity contribution < 1.29 is 19.0 Å². The van der Waals surface area contributed by atoms with E-state index in [-0.39, 0.29) is 24.4 Å². The Hall–Kier alpha value is -1.50. The smallest absolute Gasteiger partial charge is 0.221 e. The van der Waals surface area contributed by atoms with Gasteiger partial charge in [0.25, 0.3) is 0 Å². The number of morpholine rings is 1. The largest absolute Gasteiger partial charge is 0.497 e. The van der Waals surface area contributed by atoms with Gasteiger partial charge in [-0.2, -0.15) is 0 Å². The molecule has 2 rings (SSSR count). The van der Waals surface area contributed by atoms with Crippen LogP contribution in [0.3, 0.4) is 0 Å². The molecule has 0 aliphatic carbocycles. The van der Waals surface area contributed by atoms with Gasteiger partial charge in [-0.25, -0.2) is 0 Å². The summed E-state index contributed by atoms with van der Waals surface area (Å²) in [6.07, 6.45) is 0.409. The second-order valence-corrected chi connectivity index (χ2v) is 4.88. The first kappa shape index (κ1) is 18.5. The predicted octanol–water partition coefficient (Wildman–Crippen LogP) is 1.12. The van der Waals surface area contributed by atoms with Gasteiger partial charge in [0.05, 0.1) is 27.4 Å². The van der Waals surface area contributed by atoms with Gasteiger partial charge in [-0.15, -0.1) is 12.4 Å². The van der Waals surface area contributed by atoms with Crippen LogP contribution in [-0.2, 0) is 16.1 Å². The molecule has 0 aromatic heterocycles. The van der Waals surface area contributed by atoms with E-state index in [1.54, 1.807) is 14.2 Å². The summed E-state index contributed by atoms with van der Waals surface area (Å²) in [5.41, 5.74) is 0.887. The van der Waals surface area contributed by atoms with Crippen LogP contribution >= 0.6 is 12.4 Å². The molecule has 2 N–H and O–H groups in total. The maximum atomic E-state index is 12.0. The van der Waals surface area contributed by atoms with E-state index in [0.717, 1.165) is 23.6 Å². The van der Waals surface area contributed by atoms with E-state index in [4.69, 9.17) is 14.2 Å². The molecule has 1 heterocycles. The molecule has 1 aromatic carbocycles. The fourth-order valence-corrected chi connectivity index (χ4v) is 2.26. The predicted molar refractivity (Wildman–Crippen MR) is 85.9 cm³/mol. The molecule has 1 fully saturated rings. The number of hydrogen-bond acceptors (Lipinski definition) is 5. The van der Waals surface area contributed by atoms with Crippen LogP contribution in [-0.4, -0.2) is 45.9 Å². The fourth-order valence-electron chi connectivity index (χ4n) is 2.26. The van der Waals surface area contributed by atoms with Crippen molar-refractivity contribution in [1.82, 2.24) is 10.6 Å². The molecule has 1 unspecified atom stereocenters. The van der Waals surface area contributed by atoms with Crippen molar-refractivity contribution in [3.8, 4) is 11.5 Å². The Morgan fingerprint density at radius 2 is 2.23 bits per heavy atom. The van der Waals surface area contributed by atoms with Crippen LogP contribution in [0.1, 0.15) is 12.0 Å². The standard InChI is InChI=1S/C15H22N2O4.ClH/c1-19-13-3-4-14(20-2)11(7-13)9-17-15(18)8-12-10-21-6-5-16-12;/h3-4,7,12,16H,5-6,8-10H2,1-2H3,(H,17,18);1H. The summed E-state index contributed by atoms with van der Waals surface area (Å²) >= 11 is 0. The van der Waals surface area contributed by atoms with Crippen LogP contribution in [0, 0.1) is 0 Å². The van der Waals surface area contributed by atoms with Crippen LogP contribution < -0.4 is 20.1 Å². The van der Waals surface area contributed by atoms with Crippen molar-refractivity contribution in [2.45, 2.75) is 19.0 Å². The highest BCUT2D eigenvalue weighted by Crippen LogP contribution is 2.23. The zero-order valence-corrected chi connectivity index (χ0v) is 13.7. The molecule has 0 saturated carbocycles. The minimum absolute atomic E-state index is 0. The summed E-state index contributed by atoms with van der Waals surface area (Å²) in [6.45, 7) is 2.49. The van der Waals surface area contributed by atoms with Crippen molar-refractivity contribution in [2.24, 2.45) is 0 Å². The summed E-state index contributed by atoms with van der Waals surface area (Å²) in [6, 6.07) is 5.61. The van der Waals surface area contributed by atoms with Gasteiger partial charge in [0, 0.05) is 31.1 Å². The number of hydrogen-bond donors (Lipinski definition) is 2. The summed E-state index contributed by atoms with van der Waals surface area (Å²) < 4.78 is 15.8. The van der Waals surface area contributed by atoms with Crippen LogP contribution in [0.5, 0.6) is 11.5 Å². The first-order valence-corrected chi connectivity index (χ1v) is 7.01. The lowest BCUT2D eigenvalue weighted by Gasteiger charge is -2.23. The van der Waals surface area contributed by atoms with Gasteiger partial charge in [-0.1, -0.05) is 0 Å². The Bertz CT molecular complexity index is 479. The number of nitrogens with one attached hydrogen (secondary N) is 2. The summed E-state index contributed by atoms with van der Waals surface area (Å²) in [4.78, 5) is 12.0. The van der Waals surface area contributed by atoms with Gasteiger partial charge < -0.3 is 24.8 Å². The summed E-state index contributed by atoms with van der Waals surface area (Å²) in [5.74, 6) is 1.46. The van der Waals surface area contributed by atoms with Gasteiger partial charge in [0.15, 0.2) is 0 Å². The van der Waals surface area contributed by atoms with Gasteiger partial charge in [0.2, 0.25) is 5.91 Å². The number of amides is 1. The molecular formula is C15H23ClN2O4. The van der Waals surface area contributed by atoms with Crippen molar-refractivity contribution in [3.05, 3.63) is 23.8 Å². The molecule has 1 amide bonds. The molecule has 1 atom stereocenters. The Kier molecular flexibility index (Phi) is 8.01. The molecule has 1 saturated heterocycles. The van der Waals surface area contributed by atoms with Crippen LogP contribution in [0.25, 0.3) is 0 Å². The number of carbonyl (C=O) groups is 1. The van der Waals surface area contributed by atoms with E-state index in [1.807, 2.05) is 18.2 Å². The maximum Gasteiger partial charge on any atom is 0.221 e. The third-order valence-electron chi connectivity index (χ3n) is 3.39. The van der Waals surface area contributed by atoms with Crippen molar-refractivity contribution in [1.29, 1.82) is 0 Å². The second-order valence-electron chi connectivity index (χ2n) is 4.88. The molecule has 0 radical (unpaired) electrons. The van der Waals surface area contributed by atoms with Crippen LogP contribution in [0.4, 0.5) is 0 Å². The zero-order chi connectivity index (χ0) is 15.1. The van der Waals surface area contributed by atoms with Crippen LogP contribution in [0.15, 0.2) is 18.2 Å². The SMILES string of the molecule is COc1ccc(OC)c(CNC(=O)CC2COCCN2)c1.Cl. The first-order chi connectivity index (χ1) is 10.2. The normalized spacial score (nSPS) is 17.3. The molecule has 0 spiro atoms. The Morgan fingerprint density at radius 1 is 1.41 bits per heavy atom. The molecule has 1 aliphatic rings. The summed E-state index contributed by atoms with van der Waals surface area (Å²) in [7, 11) is 3.22. The van der Waals surface area contributed by atoms with Gasteiger partial charge in [0.1, 0.15) is 11.5 Å². The van der Waals surface area contributed by atoms with E-state index in [9.17, 15) is 4.79 Å². The fraction of sp³-hybridized carbons (Fsp3) is 0.533. The van der Waals surface area contributed by atoms with E-state index in [1.165, 1.54) is 0 Å². The molecule has 0 bridgehead atoms. The molecule has 124 valence electrons. The third kappa shape index (κ3) is 5.36. The van der Waals surface area contributed by atoms with Crippen molar-refractivity contribution >= 4 is 18.3 Å². The third-order valence-corrected chi connectivity index (χ3v) is 3.39. The van der Waals surface area contributed by atoms with Gasteiger partial charge in [-0.3, -0.25) is 4.79 Å². The summed E-state index contributed by atoms with van der Waals surface area (Å²) in [5, 5.41) is 6.16. The van der Waals surface area contributed by atoms with Crippen molar-refractivity contribution in [3.63, 3.8) is 0 Å². The number of halogens is 1. The number of ether oxygens (including phenoxy) is 3.